The molecule has 7 heteroatoms. The van der Waals surface area contributed by atoms with Crippen molar-refractivity contribution < 1.29 is 4.92 Å². The number of aromatic nitrogens is 2. The van der Waals surface area contributed by atoms with E-state index in [2.05, 4.69) is 9.97 Å². The lowest BCUT2D eigenvalue weighted by atomic mass is 10.3. The summed E-state index contributed by atoms with van der Waals surface area (Å²) >= 11 is 1.30. The normalized spacial score (nSPS) is 10.1. The first kappa shape index (κ1) is 11.3. The highest BCUT2D eigenvalue weighted by atomic mass is 32.2. The molecule has 0 atom stereocenters. The van der Waals surface area contributed by atoms with Crippen molar-refractivity contribution in [3.63, 3.8) is 0 Å². The molecule has 17 heavy (non-hydrogen) atoms. The van der Waals surface area contributed by atoms with Crippen LogP contribution in [0.25, 0.3) is 0 Å². The number of benzene rings is 1. The highest BCUT2D eigenvalue weighted by molar-refractivity contribution is 7.99. The van der Waals surface area contributed by atoms with Crippen LogP contribution in [0, 0.1) is 10.1 Å². The summed E-state index contributed by atoms with van der Waals surface area (Å²) in [4.78, 5) is 18.9. The summed E-state index contributed by atoms with van der Waals surface area (Å²) in [5.74, 6) is 0.393. The molecule has 0 amide bonds. The van der Waals surface area contributed by atoms with Gasteiger partial charge in [0.25, 0.3) is 5.69 Å². The zero-order chi connectivity index (χ0) is 12.3. The topological polar surface area (TPSA) is 94.9 Å². The third-order valence-corrected chi connectivity index (χ3v) is 2.80. The zero-order valence-corrected chi connectivity index (χ0v) is 9.42. The molecule has 0 spiro atoms. The van der Waals surface area contributed by atoms with Crippen LogP contribution in [0.3, 0.4) is 0 Å². The SMILES string of the molecule is Nc1ccnc(Sc2ccc([N+](=O)[O-])cc2)n1. The third-order valence-electron chi connectivity index (χ3n) is 1.91. The largest absolute Gasteiger partial charge is 0.384 e. The molecular formula is C10H8N4O2S. The van der Waals surface area contributed by atoms with Gasteiger partial charge in [0.05, 0.1) is 4.92 Å². The second-order valence-electron chi connectivity index (χ2n) is 3.12. The van der Waals surface area contributed by atoms with E-state index in [1.807, 2.05) is 0 Å². The van der Waals surface area contributed by atoms with Crippen LogP contribution >= 0.6 is 11.8 Å². The van der Waals surface area contributed by atoms with Gasteiger partial charge in [0, 0.05) is 23.2 Å². The van der Waals surface area contributed by atoms with E-state index in [1.165, 1.54) is 23.9 Å². The van der Waals surface area contributed by atoms with Gasteiger partial charge < -0.3 is 5.73 Å². The Bertz CT molecular complexity index is 544. The fourth-order valence-electron chi connectivity index (χ4n) is 1.14. The molecule has 0 bridgehead atoms. The molecule has 1 aromatic heterocycles. The molecule has 2 N–H and O–H groups in total. The molecule has 0 fully saturated rings. The molecule has 1 heterocycles. The van der Waals surface area contributed by atoms with E-state index < -0.39 is 4.92 Å². The molecule has 86 valence electrons. The Morgan fingerprint density at radius 1 is 1.24 bits per heavy atom. The van der Waals surface area contributed by atoms with Gasteiger partial charge in [-0.1, -0.05) is 0 Å². The second-order valence-corrected chi connectivity index (χ2v) is 4.16. The standard InChI is InChI=1S/C10H8N4O2S/c11-9-5-6-12-10(13-9)17-8-3-1-7(2-4-8)14(15)16/h1-6H,(H2,11,12,13). The average molecular weight is 248 g/mol. The van der Waals surface area contributed by atoms with Crippen molar-refractivity contribution in [2.45, 2.75) is 10.1 Å². The number of nitrogens with zero attached hydrogens (tertiary/aromatic N) is 3. The van der Waals surface area contributed by atoms with E-state index in [1.54, 1.807) is 24.4 Å². The summed E-state index contributed by atoms with van der Waals surface area (Å²) in [6.07, 6.45) is 1.57. The maximum absolute atomic E-state index is 10.5. The van der Waals surface area contributed by atoms with Crippen LogP contribution in [0.1, 0.15) is 0 Å². The van der Waals surface area contributed by atoms with Crippen LogP contribution in [0.5, 0.6) is 0 Å². The highest BCUT2D eigenvalue weighted by Gasteiger charge is 2.06. The Hall–Kier alpha value is -2.15. The minimum Gasteiger partial charge on any atom is -0.384 e. The van der Waals surface area contributed by atoms with Crippen molar-refractivity contribution in [2.75, 3.05) is 5.73 Å². The quantitative estimate of drug-likeness (QED) is 0.508. The third kappa shape index (κ3) is 2.91. The zero-order valence-electron chi connectivity index (χ0n) is 8.61. The maximum atomic E-state index is 10.5. The number of hydrogen-bond donors (Lipinski definition) is 1. The van der Waals surface area contributed by atoms with Crippen molar-refractivity contribution >= 4 is 23.3 Å². The first-order valence-electron chi connectivity index (χ1n) is 4.66. The van der Waals surface area contributed by atoms with Gasteiger partial charge in [-0.25, -0.2) is 9.97 Å². The van der Waals surface area contributed by atoms with E-state index in [9.17, 15) is 10.1 Å². The Kier molecular flexibility index (Phi) is 3.20. The first-order chi connectivity index (χ1) is 8.15. The molecule has 0 aliphatic carbocycles. The van der Waals surface area contributed by atoms with Crippen molar-refractivity contribution in [3.8, 4) is 0 Å². The number of nitrogen functional groups attached to an aromatic ring is 1. The van der Waals surface area contributed by atoms with Gasteiger partial charge >= 0.3 is 0 Å². The number of nitro groups is 1. The summed E-state index contributed by atoms with van der Waals surface area (Å²) in [6, 6.07) is 7.77. The highest BCUT2D eigenvalue weighted by Crippen LogP contribution is 2.26. The smallest absolute Gasteiger partial charge is 0.269 e. The van der Waals surface area contributed by atoms with Crippen LogP contribution in [-0.2, 0) is 0 Å². The molecule has 0 saturated carbocycles. The van der Waals surface area contributed by atoms with Crippen molar-refractivity contribution in [1.29, 1.82) is 0 Å². The molecule has 2 aromatic rings. The molecule has 0 aliphatic heterocycles. The van der Waals surface area contributed by atoms with Crippen LogP contribution in [0.4, 0.5) is 11.5 Å². The van der Waals surface area contributed by atoms with Crippen LogP contribution in [0.15, 0.2) is 46.6 Å². The predicted molar refractivity (Wildman–Crippen MR) is 63.7 cm³/mol. The molecule has 0 radical (unpaired) electrons. The Morgan fingerprint density at radius 3 is 2.53 bits per heavy atom. The fourth-order valence-corrected chi connectivity index (χ4v) is 1.89. The fraction of sp³-hybridized carbons (Fsp3) is 0. The number of nitrogens with two attached hydrogens (primary N) is 1. The van der Waals surface area contributed by atoms with Crippen molar-refractivity contribution in [2.24, 2.45) is 0 Å². The van der Waals surface area contributed by atoms with Crippen LogP contribution in [0.2, 0.25) is 0 Å². The first-order valence-corrected chi connectivity index (χ1v) is 5.47. The van der Waals surface area contributed by atoms with Gasteiger partial charge in [-0.15, -0.1) is 0 Å². The van der Waals surface area contributed by atoms with Crippen molar-refractivity contribution in [1.82, 2.24) is 9.97 Å². The van der Waals surface area contributed by atoms with Crippen LogP contribution in [-0.4, -0.2) is 14.9 Å². The van der Waals surface area contributed by atoms with E-state index >= 15 is 0 Å². The number of hydrogen-bond acceptors (Lipinski definition) is 6. The lowest BCUT2D eigenvalue weighted by molar-refractivity contribution is -0.384. The summed E-state index contributed by atoms with van der Waals surface area (Å²) in [5, 5.41) is 11.0. The molecule has 2 rings (SSSR count). The van der Waals surface area contributed by atoms with Crippen LogP contribution < -0.4 is 5.73 Å². The average Bonchev–Trinajstić information content (AvgIpc) is 2.29. The van der Waals surface area contributed by atoms with Gasteiger partial charge in [0.2, 0.25) is 0 Å². The Balaban J connectivity index is 2.16. The summed E-state index contributed by atoms with van der Waals surface area (Å²) in [7, 11) is 0. The lowest BCUT2D eigenvalue weighted by Crippen LogP contribution is -1.93. The monoisotopic (exact) mass is 248 g/mol. The molecule has 6 nitrogen and oxygen atoms in total. The Morgan fingerprint density at radius 2 is 1.94 bits per heavy atom. The van der Waals surface area contributed by atoms with E-state index in [0.717, 1.165) is 4.90 Å². The van der Waals surface area contributed by atoms with Crippen molar-refractivity contribution in [3.05, 3.63) is 46.6 Å². The second kappa shape index (κ2) is 4.79. The predicted octanol–water partition coefficient (Wildman–Crippen LogP) is 2.12. The number of anilines is 1. The van der Waals surface area contributed by atoms with E-state index in [0.29, 0.717) is 11.0 Å². The van der Waals surface area contributed by atoms with E-state index in [-0.39, 0.29) is 5.69 Å². The Labute approximate surface area is 101 Å². The number of rotatable bonds is 3. The number of nitro benzene ring substituents is 1. The minimum atomic E-state index is -0.439. The molecule has 0 saturated heterocycles. The van der Waals surface area contributed by atoms with Gasteiger partial charge in [-0.2, -0.15) is 0 Å². The van der Waals surface area contributed by atoms with E-state index in [4.69, 9.17) is 5.73 Å². The molecule has 0 aliphatic rings. The summed E-state index contributed by atoms with van der Waals surface area (Å²) in [6.45, 7) is 0. The minimum absolute atomic E-state index is 0.0582. The van der Waals surface area contributed by atoms with Gasteiger partial charge in [0.15, 0.2) is 5.16 Å². The lowest BCUT2D eigenvalue weighted by Gasteiger charge is -2.00. The molecular weight excluding hydrogens is 240 g/mol. The summed E-state index contributed by atoms with van der Waals surface area (Å²) in [5.41, 5.74) is 5.58. The van der Waals surface area contributed by atoms with Gasteiger partial charge in [-0.3, -0.25) is 10.1 Å². The number of non-ortho nitro benzene ring substituents is 1. The molecule has 1 aromatic carbocycles. The molecule has 0 unspecified atom stereocenters. The van der Waals surface area contributed by atoms with Gasteiger partial charge in [0.1, 0.15) is 5.82 Å². The maximum Gasteiger partial charge on any atom is 0.269 e. The van der Waals surface area contributed by atoms with Gasteiger partial charge in [-0.05, 0) is 30.0 Å². The summed E-state index contributed by atoms with van der Waals surface area (Å²) < 4.78 is 0.